The summed E-state index contributed by atoms with van der Waals surface area (Å²) in [6, 6.07) is 4.16. The first kappa shape index (κ1) is 32.3. The van der Waals surface area contributed by atoms with Crippen molar-refractivity contribution in [2.75, 3.05) is 11.9 Å². The lowest BCUT2D eigenvalue weighted by atomic mass is 9.87. The first-order chi connectivity index (χ1) is 20.5. The number of hydrogen-bond donors (Lipinski definition) is 3. The molecule has 13 nitrogen and oxygen atoms in total. The van der Waals surface area contributed by atoms with Crippen molar-refractivity contribution in [2.24, 2.45) is 23.5 Å². The van der Waals surface area contributed by atoms with Gasteiger partial charge in [0, 0.05) is 12.3 Å². The number of nitrogens with zero attached hydrogens (tertiary/aromatic N) is 4. The minimum atomic E-state index is -2.08. The monoisotopic (exact) mass is 598 g/mol. The van der Waals surface area contributed by atoms with Gasteiger partial charge in [0.05, 0.1) is 5.69 Å². The van der Waals surface area contributed by atoms with E-state index >= 15 is 0 Å². The Kier molecular flexibility index (Phi) is 10.4. The van der Waals surface area contributed by atoms with Gasteiger partial charge in [-0.15, -0.1) is 0 Å². The fourth-order valence-corrected chi connectivity index (χ4v) is 5.52. The predicted octanol–water partition coefficient (Wildman–Crippen LogP) is 2.60. The molecule has 4 N–H and O–H groups in total. The van der Waals surface area contributed by atoms with Crippen molar-refractivity contribution in [1.29, 1.82) is 5.26 Å². The summed E-state index contributed by atoms with van der Waals surface area (Å²) in [7, 11) is 0. The molecule has 0 spiro atoms. The molecule has 0 radical (unpaired) electrons. The Morgan fingerprint density at radius 2 is 1.98 bits per heavy atom. The molecule has 1 saturated heterocycles. The molecule has 2 fully saturated rings. The van der Waals surface area contributed by atoms with E-state index in [1.807, 2.05) is 13.0 Å². The van der Waals surface area contributed by atoms with Crippen LogP contribution in [0.15, 0.2) is 18.5 Å². The Bertz CT molecular complexity index is 1350. The molecule has 4 rings (SSSR count). The molecular formula is C30H42N6O7. The highest BCUT2D eigenvalue weighted by Crippen LogP contribution is 2.42. The van der Waals surface area contributed by atoms with Gasteiger partial charge in [-0.2, -0.15) is 10.4 Å². The van der Waals surface area contributed by atoms with Gasteiger partial charge in [-0.3, -0.25) is 14.4 Å². The summed E-state index contributed by atoms with van der Waals surface area (Å²) >= 11 is 0. The fourth-order valence-electron chi connectivity index (χ4n) is 5.52. The lowest BCUT2D eigenvalue weighted by molar-refractivity contribution is -0.162. The molecule has 2 aliphatic rings. The average Bonchev–Trinajstić information content (AvgIpc) is 3.55. The number of hydrogen-bond acceptors (Lipinski definition) is 11. The number of carbonyl (C=O) groups excluding carboxylic acids is 3. The Morgan fingerprint density at radius 3 is 2.63 bits per heavy atom. The topological polar surface area (TPSA) is 191 Å². The molecule has 0 bridgehead atoms. The number of nitriles is 1. The maximum Gasteiger partial charge on any atom is 0.323 e. The minimum Gasteiger partial charge on any atom is -0.463 e. The molecule has 1 aliphatic heterocycles. The summed E-state index contributed by atoms with van der Waals surface area (Å²) in [5, 5.41) is 29.1. The highest BCUT2D eigenvalue weighted by molar-refractivity contribution is 5.94. The standard InChI is InChI=1S/C30H42N6O7/c1-5-18(4)28(39)35-27-20-11-12-22(36(20)34-16-33-27)30(15-31)26(38)25(42-29(40)24(32)17(2)3)21(43-30)14-41-23(37)13-19-9-7-6-8-10-19/h11-12,16-19,21,24-26,38H,5-10,13-14,32H2,1-4H3,(H,33,34,35,39)/t18-,21-,24+,25-,26-,30+/m1/s1. The van der Waals surface area contributed by atoms with E-state index in [1.54, 1.807) is 26.8 Å². The van der Waals surface area contributed by atoms with Gasteiger partial charge in [0.1, 0.15) is 42.8 Å². The second-order valence-electron chi connectivity index (χ2n) is 11.9. The van der Waals surface area contributed by atoms with Crippen LogP contribution >= 0.6 is 0 Å². The quantitative estimate of drug-likeness (QED) is 0.322. The van der Waals surface area contributed by atoms with Gasteiger partial charge in [0.2, 0.25) is 11.5 Å². The van der Waals surface area contributed by atoms with Crippen molar-refractivity contribution in [3.05, 3.63) is 24.2 Å². The van der Waals surface area contributed by atoms with Gasteiger partial charge >= 0.3 is 11.9 Å². The summed E-state index contributed by atoms with van der Waals surface area (Å²) in [5.41, 5.74) is 4.41. The van der Waals surface area contributed by atoms with Gasteiger partial charge in [-0.1, -0.05) is 47.0 Å². The van der Waals surface area contributed by atoms with Gasteiger partial charge in [0.25, 0.3) is 0 Å². The Balaban J connectivity index is 1.63. The molecule has 6 atom stereocenters. The van der Waals surface area contributed by atoms with Crippen LogP contribution in [0.3, 0.4) is 0 Å². The molecule has 43 heavy (non-hydrogen) atoms. The molecule has 1 saturated carbocycles. The highest BCUT2D eigenvalue weighted by Gasteiger charge is 2.60. The van der Waals surface area contributed by atoms with Crippen molar-refractivity contribution in [1.82, 2.24) is 14.6 Å². The molecule has 1 amide bonds. The number of aromatic nitrogens is 3. The Labute approximate surface area is 251 Å². The lowest BCUT2D eigenvalue weighted by Gasteiger charge is -2.25. The van der Waals surface area contributed by atoms with Gasteiger partial charge < -0.3 is 30.4 Å². The Morgan fingerprint density at radius 1 is 1.26 bits per heavy atom. The predicted molar refractivity (Wildman–Crippen MR) is 154 cm³/mol. The molecule has 2 aromatic rings. The van der Waals surface area contributed by atoms with E-state index in [4.69, 9.17) is 19.9 Å². The maximum absolute atomic E-state index is 12.9. The zero-order valence-corrected chi connectivity index (χ0v) is 25.2. The number of esters is 2. The first-order valence-corrected chi connectivity index (χ1v) is 15.0. The number of fused-ring (bicyclic) bond motifs is 1. The third-order valence-corrected chi connectivity index (χ3v) is 8.56. The van der Waals surface area contributed by atoms with Crippen LogP contribution in [-0.2, 0) is 34.2 Å². The second-order valence-corrected chi connectivity index (χ2v) is 11.9. The van der Waals surface area contributed by atoms with E-state index in [9.17, 15) is 24.8 Å². The van der Waals surface area contributed by atoms with E-state index < -0.39 is 41.9 Å². The van der Waals surface area contributed by atoms with E-state index in [0.29, 0.717) is 11.9 Å². The van der Waals surface area contributed by atoms with Crippen molar-refractivity contribution in [2.45, 2.75) is 103 Å². The molecule has 2 aromatic heterocycles. The van der Waals surface area contributed by atoms with Crippen LogP contribution in [0.25, 0.3) is 5.52 Å². The van der Waals surface area contributed by atoms with Crippen LogP contribution in [-0.4, -0.2) is 68.5 Å². The van der Waals surface area contributed by atoms with Crippen LogP contribution in [0.2, 0.25) is 0 Å². The number of ether oxygens (including phenoxy) is 3. The van der Waals surface area contributed by atoms with Crippen LogP contribution in [0.1, 0.15) is 78.3 Å². The van der Waals surface area contributed by atoms with Crippen LogP contribution in [0, 0.1) is 29.1 Å². The fraction of sp³-hybridized carbons (Fsp3) is 0.667. The number of aliphatic hydroxyl groups excluding tert-OH is 1. The molecule has 0 unspecified atom stereocenters. The van der Waals surface area contributed by atoms with E-state index in [0.717, 1.165) is 32.1 Å². The molecule has 0 aromatic carbocycles. The van der Waals surface area contributed by atoms with Crippen LogP contribution < -0.4 is 11.1 Å². The van der Waals surface area contributed by atoms with Crippen molar-refractivity contribution >= 4 is 29.2 Å². The Hall–Kier alpha value is -3.60. The summed E-state index contributed by atoms with van der Waals surface area (Å²) < 4.78 is 18.7. The first-order valence-electron chi connectivity index (χ1n) is 15.0. The van der Waals surface area contributed by atoms with Gasteiger partial charge in [0.15, 0.2) is 11.9 Å². The second kappa shape index (κ2) is 13.8. The molecule has 1 aliphatic carbocycles. The summed E-state index contributed by atoms with van der Waals surface area (Å²) in [5.74, 6) is -1.50. The SMILES string of the molecule is CC[C@@H](C)C(=O)Nc1ncnn2c([C@]3(C#N)O[C@H](COC(=O)CC4CCCCC4)[C@@H](OC(=O)[C@@H](N)C(C)C)[C@H]3O)ccc12. The third-order valence-electron chi connectivity index (χ3n) is 8.56. The number of carbonyl (C=O) groups is 3. The summed E-state index contributed by atoms with van der Waals surface area (Å²) in [6.07, 6.45) is 3.07. The molecular weight excluding hydrogens is 556 g/mol. The smallest absolute Gasteiger partial charge is 0.323 e. The highest BCUT2D eigenvalue weighted by atomic mass is 16.6. The molecule has 13 heteroatoms. The summed E-state index contributed by atoms with van der Waals surface area (Å²) in [6.45, 7) is 6.84. The molecule has 234 valence electrons. The number of rotatable bonds is 11. The van der Waals surface area contributed by atoms with Crippen LogP contribution in [0.4, 0.5) is 5.82 Å². The van der Waals surface area contributed by atoms with E-state index in [-0.39, 0.29) is 48.2 Å². The maximum atomic E-state index is 12.9. The number of nitrogens with two attached hydrogens (primary N) is 1. The van der Waals surface area contributed by atoms with Gasteiger partial charge in [-0.05, 0) is 43.2 Å². The summed E-state index contributed by atoms with van der Waals surface area (Å²) in [4.78, 5) is 42.4. The van der Waals surface area contributed by atoms with Crippen molar-refractivity contribution < 1.29 is 33.7 Å². The minimum absolute atomic E-state index is 0.115. The number of aliphatic hydroxyl groups is 1. The van der Waals surface area contributed by atoms with Crippen molar-refractivity contribution in [3.63, 3.8) is 0 Å². The van der Waals surface area contributed by atoms with Crippen molar-refractivity contribution in [3.8, 4) is 6.07 Å². The van der Waals surface area contributed by atoms with E-state index in [2.05, 4.69) is 15.4 Å². The third kappa shape index (κ3) is 6.82. The molecule has 3 heterocycles. The zero-order chi connectivity index (χ0) is 31.3. The van der Waals surface area contributed by atoms with Crippen LogP contribution in [0.5, 0.6) is 0 Å². The largest absolute Gasteiger partial charge is 0.463 e. The zero-order valence-electron chi connectivity index (χ0n) is 25.2. The number of nitrogens with one attached hydrogen (secondary N) is 1. The number of amides is 1. The average molecular weight is 599 g/mol. The number of anilines is 1. The normalized spacial score (nSPS) is 25.7. The lowest BCUT2D eigenvalue weighted by Crippen LogP contribution is -2.46. The van der Waals surface area contributed by atoms with Gasteiger partial charge in [-0.25, -0.2) is 9.50 Å². The van der Waals surface area contributed by atoms with E-state index in [1.165, 1.54) is 16.9 Å².